The zero-order valence-corrected chi connectivity index (χ0v) is 6.71. The Labute approximate surface area is 67.6 Å². The molecule has 2 N–H and O–H groups in total. The van der Waals surface area contributed by atoms with Crippen molar-refractivity contribution in [2.45, 2.75) is 0 Å². The van der Waals surface area contributed by atoms with Crippen molar-refractivity contribution in [2.24, 2.45) is 5.73 Å². The predicted molar refractivity (Wildman–Crippen MR) is 42.7 cm³/mol. The Morgan fingerprint density at radius 3 is 2.90 bits per heavy atom. The fourth-order valence-corrected chi connectivity index (χ4v) is 1.70. The molecule has 4 heteroatoms. The van der Waals surface area contributed by atoms with Crippen molar-refractivity contribution < 1.29 is 4.79 Å². The maximum Gasteiger partial charge on any atom is 0.187 e. The summed E-state index contributed by atoms with van der Waals surface area (Å²) in [5.41, 5.74) is 5.13. The first-order chi connectivity index (χ1) is 4.75. The number of nitrogens with two attached hydrogens (primary N) is 1. The van der Waals surface area contributed by atoms with E-state index in [0.29, 0.717) is 9.90 Å². The molecule has 0 aliphatic carbocycles. The molecule has 0 bridgehead atoms. The van der Waals surface area contributed by atoms with E-state index in [1.807, 2.05) is 0 Å². The van der Waals surface area contributed by atoms with Gasteiger partial charge in [0.25, 0.3) is 0 Å². The number of hydrogen-bond acceptors (Lipinski definition) is 3. The standard InChI is InChI=1S/C6H6ClNOS/c7-4-1-2-10-6(4)5(9)3-8/h1-2H,3,8H2. The van der Waals surface area contributed by atoms with Crippen LogP contribution in [0.25, 0.3) is 0 Å². The first-order valence-electron chi connectivity index (χ1n) is 2.72. The number of carbonyl (C=O) groups is 1. The van der Waals surface area contributed by atoms with Gasteiger partial charge in [0.1, 0.15) is 0 Å². The van der Waals surface area contributed by atoms with Crippen LogP contribution in [0.3, 0.4) is 0 Å². The van der Waals surface area contributed by atoms with Crippen LogP contribution in [-0.4, -0.2) is 12.3 Å². The highest BCUT2D eigenvalue weighted by molar-refractivity contribution is 7.12. The van der Waals surface area contributed by atoms with Crippen LogP contribution in [0.2, 0.25) is 5.02 Å². The molecular formula is C6H6ClNOS. The van der Waals surface area contributed by atoms with Gasteiger partial charge in [-0.15, -0.1) is 11.3 Å². The van der Waals surface area contributed by atoms with Gasteiger partial charge in [0, 0.05) is 0 Å². The van der Waals surface area contributed by atoms with E-state index in [0.717, 1.165) is 0 Å². The average Bonchev–Trinajstić information content (AvgIpc) is 2.34. The summed E-state index contributed by atoms with van der Waals surface area (Å²) in [5.74, 6) is -0.0972. The Hall–Kier alpha value is -0.380. The van der Waals surface area contributed by atoms with Crippen LogP contribution in [0.1, 0.15) is 9.67 Å². The fourth-order valence-electron chi connectivity index (χ4n) is 0.585. The van der Waals surface area contributed by atoms with E-state index < -0.39 is 0 Å². The Morgan fingerprint density at radius 2 is 2.50 bits per heavy atom. The molecule has 0 atom stereocenters. The Morgan fingerprint density at radius 1 is 1.80 bits per heavy atom. The monoisotopic (exact) mass is 175 g/mol. The van der Waals surface area contributed by atoms with Gasteiger partial charge in [-0.2, -0.15) is 0 Å². The van der Waals surface area contributed by atoms with E-state index in [2.05, 4.69) is 0 Å². The van der Waals surface area contributed by atoms with Crippen molar-refractivity contribution in [3.63, 3.8) is 0 Å². The smallest absolute Gasteiger partial charge is 0.187 e. The summed E-state index contributed by atoms with van der Waals surface area (Å²) in [5, 5.41) is 2.27. The van der Waals surface area contributed by atoms with Gasteiger partial charge in [-0.1, -0.05) is 11.6 Å². The minimum Gasteiger partial charge on any atom is -0.324 e. The van der Waals surface area contributed by atoms with Crippen LogP contribution in [0, 0.1) is 0 Å². The molecule has 1 aromatic heterocycles. The van der Waals surface area contributed by atoms with Crippen molar-refractivity contribution in [3.8, 4) is 0 Å². The molecule has 10 heavy (non-hydrogen) atoms. The van der Waals surface area contributed by atoms with Gasteiger partial charge >= 0.3 is 0 Å². The minimum absolute atomic E-state index is 0.0280. The Kier molecular flexibility index (Phi) is 2.43. The molecule has 0 aliphatic rings. The van der Waals surface area contributed by atoms with Gasteiger partial charge in [-0.25, -0.2) is 0 Å². The number of rotatable bonds is 2. The Balaban J connectivity index is 2.93. The zero-order valence-electron chi connectivity index (χ0n) is 5.13. The van der Waals surface area contributed by atoms with Crippen LogP contribution in [0.5, 0.6) is 0 Å². The van der Waals surface area contributed by atoms with Crippen molar-refractivity contribution >= 4 is 28.7 Å². The van der Waals surface area contributed by atoms with Crippen LogP contribution in [0.15, 0.2) is 11.4 Å². The molecule has 1 aromatic rings. The second kappa shape index (κ2) is 3.14. The topological polar surface area (TPSA) is 43.1 Å². The summed E-state index contributed by atoms with van der Waals surface area (Å²) >= 11 is 6.97. The van der Waals surface area contributed by atoms with Gasteiger partial charge in [0.15, 0.2) is 5.78 Å². The first kappa shape index (κ1) is 7.72. The number of halogens is 1. The SMILES string of the molecule is NCC(=O)c1sccc1Cl. The van der Waals surface area contributed by atoms with Crippen molar-refractivity contribution in [1.29, 1.82) is 0 Å². The van der Waals surface area contributed by atoms with Gasteiger partial charge < -0.3 is 5.73 Å². The second-order valence-electron chi connectivity index (χ2n) is 1.72. The highest BCUT2D eigenvalue weighted by Gasteiger charge is 2.08. The van der Waals surface area contributed by atoms with Gasteiger partial charge in [-0.05, 0) is 11.4 Å². The van der Waals surface area contributed by atoms with Crippen molar-refractivity contribution in [1.82, 2.24) is 0 Å². The number of thiophene rings is 1. The number of carbonyl (C=O) groups excluding carboxylic acids is 1. The second-order valence-corrected chi connectivity index (χ2v) is 3.05. The summed E-state index contributed by atoms with van der Waals surface area (Å²) in [6.45, 7) is 0.0280. The number of ketones is 1. The maximum absolute atomic E-state index is 10.9. The third-order valence-corrected chi connectivity index (χ3v) is 2.44. The molecule has 0 saturated carbocycles. The average molecular weight is 176 g/mol. The van der Waals surface area contributed by atoms with Crippen molar-refractivity contribution in [3.05, 3.63) is 21.3 Å². The summed E-state index contributed by atoms with van der Waals surface area (Å²) in [4.78, 5) is 11.5. The maximum atomic E-state index is 10.9. The lowest BCUT2D eigenvalue weighted by atomic mass is 10.3. The lowest BCUT2D eigenvalue weighted by molar-refractivity contribution is 0.101. The molecule has 0 unspecified atom stereocenters. The summed E-state index contributed by atoms with van der Waals surface area (Å²) in [6, 6.07) is 1.69. The van der Waals surface area contributed by atoms with E-state index >= 15 is 0 Å². The molecular weight excluding hydrogens is 170 g/mol. The van der Waals surface area contributed by atoms with E-state index in [4.69, 9.17) is 17.3 Å². The van der Waals surface area contributed by atoms with Crippen molar-refractivity contribution in [2.75, 3.05) is 6.54 Å². The molecule has 0 spiro atoms. The molecule has 0 amide bonds. The van der Waals surface area contributed by atoms with Crippen LogP contribution >= 0.6 is 22.9 Å². The fraction of sp³-hybridized carbons (Fsp3) is 0.167. The molecule has 1 heterocycles. The lowest BCUT2D eigenvalue weighted by Gasteiger charge is -1.90. The third-order valence-electron chi connectivity index (χ3n) is 1.06. The first-order valence-corrected chi connectivity index (χ1v) is 3.97. The molecule has 2 nitrogen and oxygen atoms in total. The molecule has 0 aromatic carbocycles. The van der Waals surface area contributed by atoms with E-state index in [1.54, 1.807) is 11.4 Å². The lowest BCUT2D eigenvalue weighted by Crippen LogP contribution is -2.12. The van der Waals surface area contributed by atoms with Crippen LogP contribution < -0.4 is 5.73 Å². The summed E-state index contributed by atoms with van der Waals surface area (Å²) < 4.78 is 0. The summed E-state index contributed by atoms with van der Waals surface area (Å²) in [7, 11) is 0. The van der Waals surface area contributed by atoms with E-state index in [1.165, 1.54) is 11.3 Å². The highest BCUT2D eigenvalue weighted by atomic mass is 35.5. The van der Waals surface area contributed by atoms with Crippen LogP contribution in [-0.2, 0) is 0 Å². The summed E-state index contributed by atoms with van der Waals surface area (Å²) in [6.07, 6.45) is 0. The normalized spacial score (nSPS) is 9.80. The van der Waals surface area contributed by atoms with Gasteiger partial charge in [0.2, 0.25) is 0 Å². The zero-order chi connectivity index (χ0) is 7.56. The van der Waals surface area contributed by atoms with Gasteiger partial charge in [-0.3, -0.25) is 4.79 Å². The molecule has 0 radical (unpaired) electrons. The molecule has 54 valence electrons. The quantitative estimate of drug-likeness (QED) is 0.693. The molecule has 0 fully saturated rings. The highest BCUT2D eigenvalue weighted by Crippen LogP contribution is 2.21. The number of Topliss-reactive ketones (excluding diaryl/α,β-unsaturated/α-hetero) is 1. The molecule has 1 rings (SSSR count). The minimum atomic E-state index is -0.0972. The largest absolute Gasteiger partial charge is 0.324 e. The Bertz CT molecular complexity index is 246. The van der Waals surface area contributed by atoms with Gasteiger partial charge in [0.05, 0.1) is 16.4 Å². The van der Waals surface area contributed by atoms with E-state index in [9.17, 15) is 4.79 Å². The predicted octanol–water partition coefficient (Wildman–Crippen LogP) is 1.54. The number of hydrogen-bond donors (Lipinski definition) is 1. The van der Waals surface area contributed by atoms with Crippen LogP contribution in [0.4, 0.5) is 0 Å². The molecule has 0 saturated heterocycles. The third kappa shape index (κ3) is 1.37. The van der Waals surface area contributed by atoms with E-state index in [-0.39, 0.29) is 12.3 Å². The molecule has 0 aliphatic heterocycles.